The second-order valence-electron chi connectivity index (χ2n) is 23.2. The van der Waals surface area contributed by atoms with Crippen LogP contribution in [0.5, 0.6) is 23.0 Å². The first-order valence-corrected chi connectivity index (χ1v) is 33.3. The Labute approximate surface area is 550 Å². The summed E-state index contributed by atoms with van der Waals surface area (Å²) in [5.41, 5.74) is 5.76. The molecule has 88 heavy (non-hydrogen) atoms. The van der Waals surface area contributed by atoms with Gasteiger partial charge in [-0.05, 0) is 246 Å². The maximum absolute atomic E-state index is 13.9. The number of anilines is 2. The highest BCUT2D eigenvalue weighted by Crippen LogP contribution is 2.41. The van der Waals surface area contributed by atoms with E-state index in [9.17, 15) is 38.1 Å². The summed E-state index contributed by atoms with van der Waals surface area (Å²) in [5, 5.41) is 34.3. The van der Waals surface area contributed by atoms with E-state index >= 15 is 0 Å². The van der Waals surface area contributed by atoms with Crippen molar-refractivity contribution in [1.82, 2.24) is 0 Å². The zero-order chi connectivity index (χ0) is 63.9. The van der Waals surface area contributed by atoms with E-state index in [4.69, 9.17) is 23.4 Å². The first kappa shape index (κ1) is 68.4. The molecule has 0 radical (unpaired) electrons. The van der Waals surface area contributed by atoms with Crippen LogP contribution in [0.1, 0.15) is 102 Å². The molecule has 0 amide bonds. The van der Waals surface area contributed by atoms with Crippen LogP contribution in [0.15, 0.2) is 132 Å². The first-order chi connectivity index (χ1) is 41.6. The van der Waals surface area contributed by atoms with Gasteiger partial charge in [0.1, 0.15) is 0 Å². The maximum atomic E-state index is 13.9. The molecule has 0 unspecified atom stereocenters. The van der Waals surface area contributed by atoms with E-state index in [2.05, 4.69) is 139 Å². The van der Waals surface area contributed by atoms with Gasteiger partial charge in [-0.15, -0.1) is 34.0 Å². The predicted molar refractivity (Wildman–Crippen MR) is 362 cm³/mol. The van der Waals surface area contributed by atoms with E-state index in [0.29, 0.717) is 29.2 Å². The Bertz CT molecular complexity index is 3660. The molecular formula is C65H68B2Br3F3N2O10S3. The molecule has 0 atom stereocenters. The number of rotatable bonds is 10. The molecule has 4 saturated heterocycles. The molecule has 4 aliphatic rings. The lowest BCUT2D eigenvalue weighted by atomic mass is 9.78. The van der Waals surface area contributed by atoms with Crippen LogP contribution in [0.25, 0.3) is 32.0 Å². The van der Waals surface area contributed by atoms with Gasteiger partial charge in [-0.2, -0.15) is 0 Å². The number of benzene rings is 5. The van der Waals surface area contributed by atoms with Crippen LogP contribution in [0.2, 0.25) is 0 Å². The number of hydrogen-bond donors (Lipinski definition) is 3. The Hall–Kier alpha value is -5.46. The molecule has 12 nitrogen and oxygen atoms in total. The average Bonchev–Trinajstić information content (AvgIpc) is 2.01. The second kappa shape index (κ2) is 29.2. The Morgan fingerprint density at radius 1 is 0.489 bits per heavy atom. The fraction of sp³-hybridized carbons (Fsp3) is 0.323. The molecule has 0 saturated carbocycles. The summed E-state index contributed by atoms with van der Waals surface area (Å²) >= 11 is 14.6. The third kappa shape index (κ3) is 16.5. The maximum Gasteiger partial charge on any atom is 0.494 e. The number of aromatic hydroxyl groups is 3. The summed E-state index contributed by atoms with van der Waals surface area (Å²) < 4.78 is 72.7. The Morgan fingerprint density at radius 3 is 1.35 bits per heavy atom. The van der Waals surface area contributed by atoms with E-state index < -0.39 is 53.0 Å². The van der Waals surface area contributed by atoms with Crippen molar-refractivity contribution >= 4 is 131 Å². The summed E-state index contributed by atoms with van der Waals surface area (Å²) in [6.07, 6.45) is 5.97. The van der Waals surface area contributed by atoms with Crippen LogP contribution in [-0.2, 0) is 18.6 Å². The zero-order valence-electron chi connectivity index (χ0n) is 50.1. The van der Waals surface area contributed by atoms with Gasteiger partial charge in [0.25, 0.3) is 0 Å². The molecule has 12 rings (SSSR count). The van der Waals surface area contributed by atoms with E-state index in [0.717, 1.165) is 54.4 Å². The molecule has 0 aliphatic carbocycles. The minimum atomic E-state index is -0.866. The van der Waals surface area contributed by atoms with E-state index in [1.807, 2.05) is 56.7 Å². The number of methoxy groups -OCH3 is 1. The van der Waals surface area contributed by atoms with Crippen LogP contribution in [-0.4, -0.2) is 97.8 Å². The largest absolute Gasteiger partial charge is 0.504 e. The quantitative estimate of drug-likeness (QED) is 0.0884. The SMILES string of the molecule is Brc1csc(Br)c1.CC1(C)OB(c2cc(F)c(O)c(C=O)c2)OC1(C)C.CC1(C)OB(c2ccc(N3CCCC3)cc2)OC1(C)C.COc1cc(-c2cc(-c3ccc(N4CCCC4)cc3)cs2)cc(F)c1O.O=Cc1cc(-c2cc(Br)cs2)cc(F)c1O. The molecule has 3 N–H and O–H groups in total. The van der Waals surface area contributed by atoms with E-state index in [-0.39, 0.29) is 35.2 Å². The molecule has 0 spiro atoms. The molecule has 4 fully saturated rings. The number of thiophene rings is 3. The Balaban J connectivity index is 0.000000148. The smallest absolute Gasteiger partial charge is 0.494 e. The van der Waals surface area contributed by atoms with Gasteiger partial charge < -0.3 is 48.5 Å². The van der Waals surface area contributed by atoms with Crippen molar-refractivity contribution in [2.24, 2.45) is 0 Å². The number of halogens is 6. The monoisotopic (exact) mass is 1450 g/mol. The Morgan fingerprint density at radius 2 is 0.909 bits per heavy atom. The van der Waals surface area contributed by atoms with Crippen molar-refractivity contribution in [3.8, 4) is 55.0 Å². The van der Waals surface area contributed by atoms with Crippen molar-refractivity contribution in [3.63, 3.8) is 0 Å². The first-order valence-electron chi connectivity index (χ1n) is 28.3. The summed E-state index contributed by atoms with van der Waals surface area (Å²) in [4.78, 5) is 28.0. The lowest BCUT2D eigenvalue weighted by Gasteiger charge is -2.32. The van der Waals surface area contributed by atoms with Gasteiger partial charge in [0.15, 0.2) is 53.0 Å². The van der Waals surface area contributed by atoms with Crippen molar-refractivity contribution in [3.05, 3.63) is 161 Å². The highest BCUT2D eigenvalue weighted by Gasteiger charge is 2.53. The van der Waals surface area contributed by atoms with Gasteiger partial charge in [0.2, 0.25) is 0 Å². The lowest BCUT2D eigenvalue weighted by Crippen LogP contribution is -2.41. The molecule has 4 aliphatic heterocycles. The number of phenols is 3. The molecule has 23 heteroatoms. The lowest BCUT2D eigenvalue weighted by molar-refractivity contribution is 0.00578. The van der Waals surface area contributed by atoms with Gasteiger partial charge in [0.05, 0.1) is 44.4 Å². The number of nitrogens with zero attached hydrogens (tertiary/aromatic N) is 2. The van der Waals surface area contributed by atoms with E-state index in [1.54, 1.807) is 28.7 Å². The van der Waals surface area contributed by atoms with Gasteiger partial charge in [-0.1, -0.05) is 24.3 Å². The van der Waals surface area contributed by atoms with Gasteiger partial charge in [0, 0.05) is 67.0 Å². The molecule has 5 aromatic carbocycles. The number of aldehydes is 2. The van der Waals surface area contributed by atoms with Crippen molar-refractivity contribution < 1.29 is 61.4 Å². The third-order valence-electron chi connectivity index (χ3n) is 16.1. The van der Waals surface area contributed by atoms with Crippen LogP contribution < -0.4 is 25.5 Å². The fourth-order valence-corrected chi connectivity index (χ4v) is 13.9. The van der Waals surface area contributed by atoms with Gasteiger partial charge >= 0.3 is 14.2 Å². The van der Waals surface area contributed by atoms with Crippen LogP contribution in [0.4, 0.5) is 24.5 Å². The molecular weight excluding hydrogens is 1380 g/mol. The van der Waals surface area contributed by atoms with Crippen molar-refractivity contribution in [2.45, 2.75) is 103 Å². The van der Waals surface area contributed by atoms with Gasteiger partial charge in [-0.25, -0.2) is 13.2 Å². The average molecular weight is 1450 g/mol. The van der Waals surface area contributed by atoms with Gasteiger partial charge in [-0.3, -0.25) is 9.59 Å². The van der Waals surface area contributed by atoms with Crippen molar-refractivity contribution in [1.29, 1.82) is 0 Å². The normalized spacial score (nSPS) is 16.8. The van der Waals surface area contributed by atoms with Crippen LogP contribution in [0.3, 0.4) is 0 Å². The number of phenolic OH excluding ortho intramolecular Hbond substituents is 3. The topological polar surface area (TPSA) is 147 Å². The predicted octanol–water partition coefficient (Wildman–Crippen LogP) is 16.9. The minimum absolute atomic E-state index is 0.0421. The third-order valence-corrected chi connectivity index (χ3v) is 21.1. The Kier molecular flexibility index (Phi) is 22.7. The van der Waals surface area contributed by atoms with E-state index in [1.165, 1.54) is 96.6 Å². The zero-order valence-corrected chi connectivity index (χ0v) is 57.3. The summed E-state index contributed by atoms with van der Waals surface area (Å²) in [6.45, 7) is 20.5. The minimum Gasteiger partial charge on any atom is -0.504 e. The molecule has 8 aromatic rings. The molecule has 3 aromatic heterocycles. The fourth-order valence-electron chi connectivity index (χ4n) is 9.60. The summed E-state index contributed by atoms with van der Waals surface area (Å²) in [7, 11) is 0.395. The summed E-state index contributed by atoms with van der Waals surface area (Å²) in [5.74, 6) is -3.90. The number of ether oxygens (including phenoxy) is 1. The number of carbonyl (C=O) groups is 2. The standard InChI is InChI=1S/C21H20FNO2S.C16H24BNO2.C13H16BFO4.C11H6BrFO2S.C4H2Br2S/c1-25-19-11-15(10-18(22)21(19)24)20-12-16(13-26-20)14-4-6-17(7-5-14)23-8-2-3-9-23;1-15(2)16(3,4)20-17(19-15)13-7-9-14(10-8-13)18-11-5-6-12-18;1-12(2)13(3,4)19-14(18-12)9-5-8(7-16)11(17)10(15)6-9;12-8-3-10(16-5-8)6-1-7(4-14)11(15)9(13)2-6;5-3-1-4(6)7-2-3/h4-7,10-13,24H,2-3,8-9H2,1H3;7-10H,5-6,11-12H2,1-4H3;5-7,17H,1-4H3;1-5,15H;1-2H. The second-order valence-corrected chi connectivity index (χ2v) is 29.1. The highest BCUT2D eigenvalue weighted by atomic mass is 79.9. The van der Waals surface area contributed by atoms with Crippen molar-refractivity contribution in [2.75, 3.05) is 43.1 Å². The molecule has 0 bridgehead atoms. The highest BCUT2D eigenvalue weighted by molar-refractivity contribution is 9.11. The number of carbonyl (C=O) groups excluding carboxylic acids is 2. The molecule has 464 valence electrons. The summed E-state index contributed by atoms with van der Waals surface area (Å²) in [6, 6.07) is 31.3. The van der Waals surface area contributed by atoms with Crippen LogP contribution in [0, 0.1) is 17.5 Å². The van der Waals surface area contributed by atoms with Crippen LogP contribution >= 0.6 is 81.8 Å². The number of hydrogen-bond acceptors (Lipinski definition) is 15. The molecule has 7 heterocycles.